The zero-order chi connectivity index (χ0) is 14.9. The quantitative estimate of drug-likeness (QED) is 0.739. The summed E-state index contributed by atoms with van der Waals surface area (Å²) in [7, 11) is -3.50. The van der Waals surface area contributed by atoms with Crippen LogP contribution in [0.15, 0.2) is 23.1 Å². The average molecular weight is 336 g/mol. The highest BCUT2D eigenvalue weighted by atomic mass is 35.5. The summed E-state index contributed by atoms with van der Waals surface area (Å²) in [5.41, 5.74) is 0.741. The molecule has 6 heteroatoms. The summed E-state index contributed by atoms with van der Waals surface area (Å²) < 4.78 is 27.0. The van der Waals surface area contributed by atoms with Crippen LogP contribution >= 0.6 is 23.2 Å². The largest absolute Gasteiger partial charge is 0.243 e. The minimum Gasteiger partial charge on any atom is -0.207 e. The van der Waals surface area contributed by atoms with Gasteiger partial charge in [0.15, 0.2) is 0 Å². The highest BCUT2D eigenvalue weighted by molar-refractivity contribution is 7.89. The number of halogens is 2. The Morgan fingerprint density at radius 1 is 1.35 bits per heavy atom. The third kappa shape index (κ3) is 3.48. The first-order chi connectivity index (χ1) is 9.36. The van der Waals surface area contributed by atoms with E-state index in [1.165, 1.54) is 6.07 Å². The van der Waals surface area contributed by atoms with Gasteiger partial charge in [-0.1, -0.05) is 17.7 Å². The second-order valence-electron chi connectivity index (χ2n) is 5.50. The lowest BCUT2D eigenvalue weighted by Crippen LogP contribution is -2.38. The summed E-state index contributed by atoms with van der Waals surface area (Å²) in [5, 5.41) is 0.399. The normalized spacial score (nSPS) is 16.1. The van der Waals surface area contributed by atoms with Crippen LogP contribution < -0.4 is 0 Å². The van der Waals surface area contributed by atoms with E-state index < -0.39 is 10.0 Å². The Morgan fingerprint density at radius 3 is 2.45 bits per heavy atom. The molecule has 0 aromatic heterocycles. The van der Waals surface area contributed by atoms with Gasteiger partial charge in [0.05, 0.1) is 4.90 Å². The van der Waals surface area contributed by atoms with Crippen molar-refractivity contribution in [2.45, 2.75) is 43.5 Å². The molecule has 1 fully saturated rings. The standard InChI is InChI=1S/C14H19Cl2NO2S/c1-10(2)17(9-11-3-4-11)20(18,19)13-6-5-12(8-15)14(16)7-13/h5-7,10-11H,3-4,8-9H2,1-2H3. The van der Waals surface area contributed by atoms with E-state index in [1.54, 1.807) is 16.4 Å². The maximum atomic E-state index is 12.7. The van der Waals surface area contributed by atoms with Crippen LogP contribution in [0.25, 0.3) is 0 Å². The molecule has 0 amide bonds. The Labute approximate surface area is 130 Å². The summed E-state index contributed by atoms with van der Waals surface area (Å²) in [6.07, 6.45) is 2.23. The monoisotopic (exact) mass is 335 g/mol. The molecule has 20 heavy (non-hydrogen) atoms. The Hall–Kier alpha value is -0.290. The van der Waals surface area contributed by atoms with Gasteiger partial charge in [-0.3, -0.25) is 0 Å². The van der Waals surface area contributed by atoms with Crippen LogP contribution in [0.5, 0.6) is 0 Å². The molecule has 0 unspecified atom stereocenters. The molecule has 0 bridgehead atoms. The maximum absolute atomic E-state index is 12.7. The predicted octanol–water partition coefficient (Wildman–Crippen LogP) is 3.89. The highest BCUT2D eigenvalue weighted by Gasteiger charge is 2.33. The van der Waals surface area contributed by atoms with Crippen molar-refractivity contribution in [1.29, 1.82) is 0 Å². The van der Waals surface area contributed by atoms with Crippen LogP contribution in [-0.4, -0.2) is 25.3 Å². The fourth-order valence-electron chi connectivity index (χ4n) is 2.07. The molecule has 112 valence electrons. The number of hydrogen-bond acceptors (Lipinski definition) is 2. The topological polar surface area (TPSA) is 37.4 Å². The van der Waals surface area contributed by atoms with E-state index in [-0.39, 0.29) is 16.8 Å². The number of alkyl halides is 1. The summed E-state index contributed by atoms with van der Waals surface area (Å²) in [6.45, 7) is 4.39. The molecule has 2 rings (SSSR count). The van der Waals surface area contributed by atoms with Gasteiger partial charge in [-0.25, -0.2) is 8.42 Å². The van der Waals surface area contributed by atoms with E-state index in [0.29, 0.717) is 17.5 Å². The average Bonchev–Trinajstić information content (AvgIpc) is 3.19. The van der Waals surface area contributed by atoms with Crippen LogP contribution in [-0.2, 0) is 15.9 Å². The SMILES string of the molecule is CC(C)N(CC1CC1)S(=O)(=O)c1ccc(CCl)c(Cl)c1. The first kappa shape index (κ1) is 16.1. The number of rotatable bonds is 6. The minimum absolute atomic E-state index is 0.0629. The Balaban J connectivity index is 2.33. The van der Waals surface area contributed by atoms with Gasteiger partial charge in [-0.05, 0) is 50.3 Å². The molecule has 1 saturated carbocycles. The molecule has 0 saturated heterocycles. The van der Waals surface area contributed by atoms with Crippen molar-refractivity contribution < 1.29 is 8.42 Å². The highest BCUT2D eigenvalue weighted by Crippen LogP contribution is 2.33. The molecule has 0 spiro atoms. The molecule has 3 nitrogen and oxygen atoms in total. The second-order valence-corrected chi connectivity index (χ2v) is 8.06. The van der Waals surface area contributed by atoms with Gasteiger partial charge in [-0.2, -0.15) is 4.31 Å². The predicted molar refractivity (Wildman–Crippen MR) is 82.8 cm³/mol. The van der Waals surface area contributed by atoms with E-state index in [1.807, 2.05) is 13.8 Å². The lowest BCUT2D eigenvalue weighted by atomic mass is 10.2. The molecule has 0 radical (unpaired) electrons. The summed E-state index contributed by atoms with van der Waals surface area (Å²) in [6, 6.07) is 4.70. The van der Waals surface area contributed by atoms with Crippen molar-refractivity contribution >= 4 is 33.2 Å². The molecule has 0 heterocycles. The van der Waals surface area contributed by atoms with Crippen molar-refractivity contribution in [3.05, 3.63) is 28.8 Å². The van der Waals surface area contributed by atoms with Crippen molar-refractivity contribution in [1.82, 2.24) is 4.31 Å². The van der Waals surface area contributed by atoms with Gasteiger partial charge in [0.1, 0.15) is 0 Å². The molecule has 0 aliphatic heterocycles. The van der Waals surface area contributed by atoms with E-state index in [2.05, 4.69) is 0 Å². The van der Waals surface area contributed by atoms with Crippen molar-refractivity contribution in [2.75, 3.05) is 6.54 Å². The molecular formula is C14H19Cl2NO2S. The van der Waals surface area contributed by atoms with E-state index in [4.69, 9.17) is 23.2 Å². The first-order valence-corrected chi connectivity index (χ1v) is 9.07. The minimum atomic E-state index is -3.50. The number of benzene rings is 1. The Kier molecular flexibility index (Phi) is 5.00. The van der Waals surface area contributed by atoms with Crippen molar-refractivity contribution in [2.24, 2.45) is 5.92 Å². The lowest BCUT2D eigenvalue weighted by molar-refractivity contribution is 0.342. The lowest BCUT2D eigenvalue weighted by Gasteiger charge is -2.26. The van der Waals surface area contributed by atoms with Crippen molar-refractivity contribution in [3.63, 3.8) is 0 Å². The summed E-state index contributed by atoms with van der Waals surface area (Å²) >= 11 is 11.8. The van der Waals surface area contributed by atoms with E-state index in [9.17, 15) is 8.42 Å². The number of nitrogens with zero attached hydrogens (tertiary/aromatic N) is 1. The zero-order valence-electron chi connectivity index (χ0n) is 11.6. The summed E-state index contributed by atoms with van der Waals surface area (Å²) in [5.74, 6) is 0.777. The van der Waals surface area contributed by atoms with Crippen LogP contribution in [0.1, 0.15) is 32.3 Å². The number of sulfonamides is 1. The van der Waals surface area contributed by atoms with Gasteiger partial charge in [0, 0.05) is 23.5 Å². The van der Waals surface area contributed by atoms with Crippen LogP contribution in [0, 0.1) is 5.92 Å². The second kappa shape index (κ2) is 6.22. The summed E-state index contributed by atoms with van der Waals surface area (Å²) in [4.78, 5) is 0.241. The fourth-order valence-corrected chi connectivity index (χ4v) is 4.43. The Morgan fingerprint density at radius 2 is 2.00 bits per heavy atom. The molecule has 1 aromatic carbocycles. The van der Waals surface area contributed by atoms with Crippen LogP contribution in [0.4, 0.5) is 0 Å². The fraction of sp³-hybridized carbons (Fsp3) is 0.571. The van der Waals surface area contributed by atoms with Gasteiger partial charge in [0.2, 0.25) is 10.0 Å². The van der Waals surface area contributed by atoms with E-state index >= 15 is 0 Å². The third-order valence-electron chi connectivity index (χ3n) is 3.49. The molecule has 1 aromatic rings. The van der Waals surface area contributed by atoms with E-state index in [0.717, 1.165) is 18.4 Å². The van der Waals surface area contributed by atoms with Gasteiger partial charge >= 0.3 is 0 Å². The molecular weight excluding hydrogens is 317 g/mol. The van der Waals surface area contributed by atoms with Gasteiger partial charge < -0.3 is 0 Å². The molecule has 1 aliphatic carbocycles. The molecule has 1 aliphatic rings. The van der Waals surface area contributed by atoms with Gasteiger partial charge in [-0.15, -0.1) is 11.6 Å². The Bertz CT molecular complexity index is 583. The zero-order valence-corrected chi connectivity index (χ0v) is 14.0. The maximum Gasteiger partial charge on any atom is 0.243 e. The smallest absolute Gasteiger partial charge is 0.207 e. The first-order valence-electron chi connectivity index (χ1n) is 6.72. The van der Waals surface area contributed by atoms with Gasteiger partial charge in [0.25, 0.3) is 0 Å². The van der Waals surface area contributed by atoms with Crippen molar-refractivity contribution in [3.8, 4) is 0 Å². The third-order valence-corrected chi connectivity index (χ3v) is 6.16. The molecule has 0 atom stereocenters. The molecule has 0 N–H and O–H groups in total. The number of hydrogen-bond donors (Lipinski definition) is 0. The van der Waals surface area contributed by atoms with Crippen LogP contribution in [0.3, 0.4) is 0 Å². The van der Waals surface area contributed by atoms with Crippen LogP contribution in [0.2, 0.25) is 5.02 Å².